The van der Waals surface area contributed by atoms with Gasteiger partial charge in [0.2, 0.25) is 12.3 Å². The van der Waals surface area contributed by atoms with Gasteiger partial charge in [-0.15, -0.1) is 0 Å². The van der Waals surface area contributed by atoms with Crippen molar-refractivity contribution in [3.8, 4) is 11.5 Å². The van der Waals surface area contributed by atoms with Gasteiger partial charge in [0.1, 0.15) is 0 Å². The minimum Gasteiger partial charge on any atom is -0.493 e. The van der Waals surface area contributed by atoms with Crippen molar-refractivity contribution in [3.63, 3.8) is 0 Å². The summed E-state index contributed by atoms with van der Waals surface area (Å²) < 4.78 is 10.2. The normalized spacial score (nSPS) is 11.9. The zero-order valence-electron chi connectivity index (χ0n) is 18.2. The van der Waals surface area contributed by atoms with Gasteiger partial charge in [-0.25, -0.2) is 5.06 Å². The second-order valence-electron chi connectivity index (χ2n) is 6.83. The van der Waals surface area contributed by atoms with Gasteiger partial charge in [-0.05, 0) is 6.42 Å². The minimum atomic E-state index is -0.703. The van der Waals surface area contributed by atoms with Gasteiger partial charge in [-0.2, -0.15) is 0 Å². The number of benzene rings is 1. The molecule has 0 saturated heterocycles. The van der Waals surface area contributed by atoms with E-state index in [1.165, 1.54) is 20.3 Å². The summed E-state index contributed by atoms with van der Waals surface area (Å²) in [4.78, 5) is 46.0. The fourth-order valence-corrected chi connectivity index (χ4v) is 2.90. The van der Waals surface area contributed by atoms with E-state index < -0.39 is 29.1 Å². The quantitative estimate of drug-likeness (QED) is 0.123. The van der Waals surface area contributed by atoms with Gasteiger partial charge < -0.3 is 20.5 Å². The number of nitro benzene ring substituents is 1. The molecular weight excluding hydrogens is 424 g/mol. The van der Waals surface area contributed by atoms with Crippen LogP contribution < -0.4 is 20.5 Å². The summed E-state index contributed by atoms with van der Waals surface area (Å²) in [6, 6.07) is 2.41. The number of methoxy groups -OCH3 is 2. The summed E-state index contributed by atoms with van der Waals surface area (Å²) >= 11 is 0. The summed E-state index contributed by atoms with van der Waals surface area (Å²) in [6.07, 6.45) is 3.07. The molecule has 0 aliphatic carbocycles. The molecule has 1 unspecified atom stereocenters. The lowest BCUT2D eigenvalue weighted by Crippen LogP contribution is -2.39. The van der Waals surface area contributed by atoms with E-state index in [4.69, 9.17) is 15.2 Å². The van der Waals surface area contributed by atoms with Crippen LogP contribution in [0.2, 0.25) is 0 Å². The van der Waals surface area contributed by atoms with E-state index in [1.807, 2.05) is 6.92 Å². The first-order chi connectivity index (χ1) is 15.2. The topological polar surface area (TPSA) is 174 Å². The van der Waals surface area contributed by atoms with E-state index >= 15 is 0 Å². The summed E-state index contributed by atoms with van der Waals surface area (Å²) in [5.41, 5.74) is 5.29. The van der Waals surface area contributed by atoms with Crippen LogP contribution in [0.25, 0.3) is 5.70 Å². The van der Waals surface area contributed by atoms with Crippen molar-refractivity contribution in [3.05, 3.63) is 33.9 Å². The van der Waals surface area contributed by atoms with Gasteiger partial charge in [0.15, 0.2) is 17.3 Å². The molecule has 1 atom stereocenters. The predicted octanol–water partition coefficient (Wildman–Crippen LogP) is 1.25. The Hall–Kier alpha value is -3.67. The van der Waals surface area contributed by atoms with Crippen LogP contribution in [0.1, 0.15) is 31.7 Å². The first-order valence-corrected chi connectivity index (χ1v) is 9.77. The number of nitrogens with zero attached hydrogens (tertiary/aromatic N) is 2. The minimum absolute atomic E-state index is 0.0462. The number of hydrogen-bond acceptors (Lipinski definition) is 9. The molecule has 0 spiro atoms. The second-order valence-corrected chi connectivity index (χ2v) is 6.83. The Bertz CT molecular complexity index is 871. The van der Waals surface area contributed by atoms with E-state index in [0.717, 1.165) is 18.6 Å². The highest BCUT2D eigenvalue weighted by Gasteiger charge is 2.23. The van der Waals surface area contributed by atoms with Crippen LogP contribution in [0.15, 0.2) is 18.2 Å². The van der Waals surface area contributed by atoms with Crippen LogP contribution in [0.4, 0.5) is 5.69 Å². The number of ketones is 1. The third-order valence-corrected chi connectivity index (χ3v) is 4.57. The standard InChI is InChI=1S/C20H28N4O8/c1-4-5-6-13(11-23(28)12-25)20(27)22-10-14(26)7-16(21)15-8-18(31-2)19(32-3)9-17(15)24(29)30/h7-9,12-13,28H,4-6,10-11,21H2,1-3H3,(H,22,27)/b16-7-. The van der Waals surface area contributed by atoms with Crippen molar-refractivity contribution in [2.45, 2.75) is 26.2 Å². The molecule has 0 aliphatic rings. The third-order valence-electron chi connectivity index (χ3n) is 4.57. The zero-order chi connectivity index (χ0) is 24.3. The van der Waals surface area contributed by atoms with Gasteiger partial charge in [0, 0.05) is 17.8 Å². The van der Waals surface area contributed by atoms with Crippen LogP contribution >= 0.6 is 0 Å². The molecule has 0 heterocycles. The maximum Gasteiger partial charge on any atom is 0.282 e. The number of unbranched alkanes of at least 4 members (excludes halogenated alkanes) is 1. The Kier molecular flexibility index (Phi) is 10.6. The highest BCUT2D eigenvalue weighted by atomic mass is 16.6. The summed E-state index contributed by atoms with van der Waals surface area (Å²) in [5.74, 6) is -1.51. The first kappa shape index (κ1) is 26.4. The molecule has 1 aromatic rings. The van der Waals surface area contributed by atoms with Gasteiger partial charge in [0.25, 0.3) is 5.69 Å². The number of hydroxylamine groups is 2. The van der Waals surface area contributed by atoms with E-state index in [2.05, 4.69) is 5.32 Å². The lowest BCUT2D eigenvalue weighted by atomic mass is 10.0. The monoisotopic (exact) mass is 452 g/mol. The van der Waals surface area contributed by atoms with Gasteiger partial charge in [0.05, 0.1) is 49.8 Å². The molecule has 32 heavy (non-hydrogen) atoms. The summed E-state index contributed by atoms with van der Waals surface area (Å²) in [5, 5.41) is 23.6. The number of carbonyl (C=O) groups is 3. The number of ether oxygens (including phenoxy) is 2. The number of amides is 2. The molecule has 12 nitrogen and oxygen atoms in total. The van der Waals surface area contributed by atoms with E-state index in [9.17, 15) is 29.7 Å². The number of nitro groups is 1. The predicted molar refractivity (Wildman–Crippen MR) is 114 cm³/mol. The molecule has 0 aromatic heterocycles. The summed E-state index contributed by atoms with van der Waals surface area (Å²) in [7, 11) is 2.67. The van der Waals surface area contributed by atoms with Gasteiger partial charge >= 0.3 is 0 Å². The SMILES string of the molecule is CCCCC(CN(O)C=O)C(=O)NCC(=O)/C=C(\N)c1cc(OC)c(OC)cc1[N+](=O)[O-]. The molecule has 0 saturated carbocycles. The van der Waals surface area contributed by atoms with Crippen LogP contribution in [-0.4, -0.2) is 60.6 Å². The highest BCUT2D eigenvalue weighted by Crippen LogP contribution is 2.36. The molecule has 1 rings (SSSR count). The number of nitrogens with two attached hydrogens (primary N) is 1. The molecule has 0 bridgehead atoms. The largest absolute Gasteiger partial charge is 0.493 e. The average Bonchev–Trinajstić information content (AvgIpc) is 2.78. The van der Waals surface area contributed by atoms with E-state index in [0.29, 0.717) is 17.9 Å². The maximum absolute atomic E-state index is 12.4. The second kappa shape index (κ2) is 12.9. The Labute approximate surface area is 185 Å². The van der Waals surface area contributed by atoms with Crippen molar-refractivity contribution in [2.24, 2.45) is 11.7 Å². The van der Waals surface area contributed by atoms with Crippen LogP contribution in [-0.2, 0) is 14.4 Å². The third kappa shape index (κ3) is 7.54. The van der Waals surface area contributed by atoms with Gasteiger partial charge in [-0.1, -0.05) is 19.8 Å². The van der Waals surface area contributed by atoms with Crippen molar-refractivity contribution in [1.29, 1.82) is 0 Å². The zero-order valence-corrected chi connectivity index (χ0v) is 18.2. The highest BCUT2D eigenvalue weighted by molar-refractivity contribution is 6.00. The fourth-order valence-electron chi connectivity index (χ4n) is 2.90. The van der Waals surface area contributed by atoms with Crippen LogP contribution in [0.5, 0.6) is 11.5 Å². The van der Waals surface area contributed by atoms with Crippen molar-refractivity contribution in [1.82, 2.24) is 10.4 Å². The lowest BCUT2D eigenvalue weighted by molar-refractivity contribution is -0.385. The average molecular weight is 452 g/mol. The summed E-state index contributed by atoms with van der Waals surface area (Å²) in [6.45, 7) is 1.30. The molecule has 12 heteroatoms. The number of rotatable bonds is 14. The van der Waals surface area contributed by atoms with E-state index in [-0.39, 0.29) is 41.4 Å². The number of carbonyl (C=O) groups excluding carboxylic acids is 3. The van der Waals surface area contributed by atoms with Crippen molar-refractivity contribution in [2.75, 3.05) is 27.3 Å². The molecule has 0 aliphatic heterocycles. The molecule has 0 radical (unpaired) electrons. The number of hydrogen-bond donors (Lipinski definition) is 3. The first-order valence-electron chi connectivity index (χ1n) is 9.77. The van der Waals surface area contributed by atoms with Gasteiger partial charge in [-0.3, -0.25) is 29.7 Å². The Morgan fingerprint density at radius 1 is 1.31 bits per heavy atom. The molecule has 176 valence electrons. The number of nitrogens with one attached hydrogen (secondary N) is 1. The molecule has 4 N–H and O–H groups in total. The molecule has 2 amide bonds. The lowest BCUT2D eigenvalue weighted by Gasteiger charge is -2.19. The van der Waals surface area contributed by atoms with Crippen LogP contribution in [0.3, 0.4) is 0 Å². The molecule has 1 aromatic carbocycles. The Morgan fingerprint density at radius 2 is 1.94 bits per heavy atom. The smallest absolute Gasteiger partial charge is 0.282 e. The van der Waals surface area contributed by atoms with E-state index in [1.54, 1.807) is 0 Å². The molecule has 0 fully saturated rings. The van der Waals surface area contributed by atoms with Crippen molar-refractivity contribution >= 4 is 29.5 Å². The maximum atomic E-state index is 12.4. The Balaban J connectivity index is 2.98. The van der Waals surface area contributed by atoms with Crippen molar-refractivity contribution < 1.29 is 34.0 Å². The Morgan fingerprint density at radius 3 is 2.47 bits per heavy atom. The fraction of sp³-hybridized carbons (Fsp3) is 0.450. The van der Waals surface area contributed by atoms with Crippen LogP contribution in [0, 0.1) is 16.0 Å². The molecular formula is C20H28N4O8.